The van der Waals surface area contributed by atoms with Gasteiger partial charge in [-0.1, -0.05) is 0 Å². The Labute approximate surface area is 89.9 Å². The van der Waals surface area contributed by atoms with Crippen LogP contribution in [0.2, 0.25) is 0 Å². The van der Waals surface area contributed by atoms with E-state index in [1.165, 1.54) is 24.4 Å². The van der Waals surface area contributed by atoms with Gasteiger partial charge in [0.1, 0.15) is 5.82 Å². The van der Waals surface area contributed by atoms with Crippen LogP contribution in [0.25, 0.3) is 0 Å². The maximum absolute atomic E-state index is 6.08. The minimum atomic E-state index is 0.203. The van der Waals surface area contributed by atoms with Crippen LogP contribution in [0.3, 0.4) is 0 Å². The molecule has 0 aromatic carbocycles. The lowest BCUT2D eigenvalue weighted by molar-refractivity contribution is 0.443. The number of hydrogen-bond donors (Lipinski definition) is 2. The third-order valence-electron chi connectivity index (χ3n) is 3.62. The van der Waals surface area contributed by atoms with E-state index in [0.717, 1.165) is 26.1 Å². The molecule has 0 aliphatic carbocycles. The minimum absolute atomic E-state index is 0.203. The first-order valence-electron chi connectivity index (χ1n) is 5.88. The first-order valence-corrected chi connectivity index (χ1v) is 5.88. The Hall–Kier alpha value is -0.870. The van der Waals surface area contributed by atoms with Crippen molar-refractivity contribution in [1.82, 2.24) is 14.9 Å². The highest BCUT2D eigenvalue weighted by Crippen LogP contribution is 2.29. The Morgan fingerprint density at radius 2 is 2.40 bits per heavy atom. The monoisotopic (exact) mass is 206 g/mol. The number of nitrogens with one attached hydrogen (secondary N) is 1. The van der Waals surface area contributed by atoms with Gasteiger partial charge in [0.05, 0.1) is 11.9 Å². The van der Waals surface area contributed by atoms with Gasteiger partial charge in [-0.25, -0.2) is 4.98 Å². The summed E-state index contributed by atoms with van der Waals surface area (Å²) < 4.78 is 2.35. The molecule has 2 atom stereocenters. The molecule has 3 rings (SSSR count). The van der Waals surface area contributed by atoms with Gasteiger partial charge in [-0.15, -0.1) is 0 Å². The smallest absolute Gasteiger partial charge is 0.113 e. The summed E-state index contributed by atoms with van der Waals surface area (Å²) in [6, 6.07) is 0.203. The zero-order valence-corrected chi connectivity index (χ0v) is 8.95. The molecule has 0 bridgehead atoms. The second-order valence-electron chi connectivity index (χ2n) is 4.63. The lowest BCUT2D eigenvalue weighted by Gasteiger charge is -2.23. The Kier molecular flexibility index (Phi) is 2.25. The molecular formula is C11H18N4. The highest BCUT2D eigenvalue weighted by molar-refractivity contribution is 5.16. The molecule has 4 heteroatoms. The van der Waals surface area contributed by atoms with E-state index in [9.17, 15) is 0 Å². The molecule has 2 aliphatic rings. The van der Waals surface area contributed by atoms with Gasteiger partial charge in [0.15, 0.2) is 0 Å². The highest BCUT2D eigenvalue weighted by atomic mass is 15.1. The maximum Gasteiger partial charge on any atom is 0.113 e. The van der Waals surface area contributed by atoms with Crippen molar-refractivity contribution >= 4 is 0 Å². The van der Waals surface area contributed by atoms with Crippen molar-refractivity contribution in [3.05, 3.63) is 17.7 Å². The van der Waals surface area contributed by atoms with Crippen LogP contribution in [0.1, 0.15) is 42.7 Å². The highest BCUT2D eigenvalue weighted by Gasteiger charge is 2.26. The predicted molar refractivity (Wildman–Crippen MR) is 58.6 cm³/mol. The van der Waals surface area contributed by atoms with Crippen LogP contribution in [-0.2, 0) is 6.54 Å². The first kappa shape index (κ1) is 9.36. The minimum Gasteiger partial charge on any atom is -0.330 e. The van der Waals surface area contributed by atoms with E-state index in [4.69, 9.17) is 5.73 Å². The molecule has 82 valence electrons. The molecule has 2 unspecified atom stereocenters. The SMILES string of the molecule is NC1CCCn2c1cnc2C1CCNC1. The van der Waals surface area contributed by atoms with Crippen LogP contribution in [0, 0.1) is 0 Å². The van der Waals surface area contributed by atoms with E-state index in [0.29, 0.717) is 5.92 Å². The summed E-state index contributed by atoms with van der Waals surface area (Å²) in [6.45, 7) is 3.31. The Bertz CT molecular complexity index is 351. The second-order valence-corrected chi connectivity index (χ2v) is 4.63. The lowest BCUT2D eigenvalue weighted by Crippen LogP contribution is -2.23. The molecular weight excluding hydrogens is 188 g/mol. The number of imidazole rings is 1. The van der Waals surface area contributed by atoms with Gasteiger partial charge in [0.2, 0.25) is 0 Å². The van der Waals surface area contributed by atoms with Crippen molar-refractivity contribution in [2.75, 3.05) is 13.1 Å². The molecule has 4 nitrogen and oxygen atoms in total. The average Bonchev–Trinajstić information content (AvgIpc) is 2.85. The Morgan fingerprint density at radius 1 is 1.47 bits per heavy atom. The van der Waals surface area contributed by atoms with Crippen LogP contribution < -0.4 is 11.1 Å². The van der Waals surface area contributed by atoms with Gasteiger partial charge in [-0.2, -0.15) is 0 Å². The maximum atomic E-state index is 6.08. The largest absolute Gasteiger partial charge is 0.330 e. The number of hydrogen-bond acceptors (Lipinski definition) is 3. The van der Waals surface area contributed by atoms with E-state index in [2.05, 4.69) is 14.9 Å². The topological polar surface area (TPSA) is 55.9 Å². The quantitative estimate of drug-likeness (QED) is 0.713. The third kappa shape index (κ3) is 1.48. The van der Waals surface area contributed by atoms with Gasteiger partial charge in [0.25, 0.3) is 0 Å². The van der Waals surface area contributed by atoms with Crippen LogP contribution in [-0.4, -0.2) is 22.6 Å². The van der Waals surface area contributed by atoms with E-state index in [-0.39, 0.29) is 6.04 Å². The van der Waals surface area contributed by atoms with Crippen LogP contribution >= 0.6 is 0 Å². The van der Waals surface area contributed by atoms with Crippen molar-refractivity contribution in [2.24, 2.45) is 5.73 Å². The molecule has 2 aliphatic heterocycles. The van der Waals surface area contributed by atoms with Gasteiger partial charge in [-0.3, -0.25) is 0 Å². The standard InChI is InChI=1S/C11H18N4/c12-9-2-1-5-15-10(9)7-14-11(15)8-3-4-13-6-8/h7-9,13H,1-6,12H2. The van der Waals surface area contributed by atoms with E-state index in [1.54, 1.807) is 0 Å². The van der Waals surface area contributed by atoms with E-state index < -0.39 is 0 Å². The van der Waals surface area contributed by atoms with Crippen LogP contribution in [0.4, 0.5) is 0 Å². The predicted octanol–water partition coefficient (Wildman–Crippen LogP) is 0.754. The fourth-order valence-electron chi connectivity index (χ4n) is 2.76. The molecule has 3 N–H and O–H groups in total. The summed E-state index contributed by atoms with van der Waals surface area (Å²) in [7, 11) is 0. The molecule has 0 radical (unpaired) electrons. The number of aromatic nitrogens is 2. The van der Waals surface area contributed by atoms with Gasteiger partial charge < -0.3 is 15.6 Å². The van der Waals surface area contributed by atoms with Crippen molar-refractivity contribution in [2.45, 2.75) is 37.8 Å². The summed E-state index contributed by atoms with van der Waals surface area (Å²) in [5.74, 6) is 1.86. The van der Waals surface area contributed by atoms with Crippen molar-refractivity contribution < 1.29 is 0 Å². The van der Waals surface area contributed by atoms with Crippen LogP contribution in [0.15, 0.2) is 6.20 Å². The molecule has 0 saturated carbocycles. The van der Waals surface area contributed by atoms with Gasteiger partial charge in [0, 0.05) is 25.0 Å². The number of fused-ring (bicyclic) bond motifs is 1. The molecule has 3 heterocycles. The van der Waals surface area contributed by atoms with Crippen LogP contribution in [0.5, 0.6) is 0 Å². The summed E-state index contributed by atoms with van der Waals surface area (Å²) in [5, 5.41) is 3.39. The molecule has 0 amide bonds. The normalized spacial score (nSPS) is 30.5. The average molecular weight is 206 g/mol. The number of nitrogens with two attached hydrogens (primary N) is 1. The number of rotatable bonds is 1. The molecule has 15 heavy (non-hydrogen) atoms. The molecule has 1 aromatic heterocycles. The van der Waals surface area contributed by atoms with Gasteiger partial charge in [-0.05, 0) is 25.8 Å². The molecule has 1 saturated heterocycles. The fraction of sp³-hybridized carbons (Fsp3) is 0.727. The van der Waals surface area contributed by atoms with Crippen molar-refractivity contribution in [3.63, 3.8) is 0 Å². The summed E-state index contributed by atoms with van der Waals surface area (Å²) in [6.07, 6.45) is 5.49. The number of nitrogens with zero attached hydrogens (tertiary/aromatic N) is 2. The second kappa shape index (κ2) is 3.61. The van der Waals surface area contributed by atoms with E-state index >= 15 is 0 Å². The van der Waals surface area contributed by atoms with Gasteiger partial charge >= 0.3 is 0 Å². The summed E-state index contributed by atoms with van der Waals surface area (Å²) in [4.78, 5) is 4.57. The molecule has 0 spiro atoms. The first-order chi connectivity index (χ1) is 7.36. The summed E-state index contributed by atoms with van der Waals surface area (Å²) in [5.41, 5.74) is 7.32. The van der Waals surface area contributed by atoms with Crippen molar-refractivity contribution in [3.8, 4) is 0 Å². The molecule has 1 fully saturated rings. The summed E-state index contributed by atoms with van der Waals surface area (Å²) >= 11 is 0. The molecule has 1 aromatic rings. The van der Waals surface area contributed by atoms with Crippen molar-refractivity contribution in [1.29, 1.82) is 0 Å². The Balaban J connectivity index is 1.95. The Morgan fingerprint density at radius 3 is 3.20 bits per heavy atom. The third-order valence-corrected chi connectivity index (χ3v) is 3.62. The van der Waals surface area contributed by atoms with E-state index in [1.807, 2.05) is 6.20 Å². The fourth-order valence-corrected chi connectivity index (χ4v) is 2.76. The zero-order chi connectivity index (χ0) is 10.3. The zero-order valence-electron chi connectivity index (χ0n) is 8.95. The lowest BCUT2D eigenvalue weighted by atomic mass is 10.0.